The molecule has 0 saturated heterocycles. The van der Waals surface area contributed by atoms with Gasteiger partial charge in [-0.2, -0.15) is 13.2 Å². The number of aromatic nitrogens is 3. The number of nitrogens with one attached hydrogen (secondary N) is 1. The SMILES string of the molecule is CCOc1ccc(-n2c(SCC(=O)Nc3ccccc3C(F)(F)F)nnc2-c2ccccc2)cc1. The molecule has 10 heteroatoms. The molecule has 0 radical (unpaired) electrons. The van der Waals surface area contributed by atoms with Crippen LogP contribution >= 0.6 is 11.8 Å². The van der Waals surface area contributed by atoms with E-state index in [1.807, 2.05) is 61.5 Å². The van der Waals surface area contributed by atoms with Gasteiger partial charge in [-0.15, -0.1) is 10.2 Å². The molecule has 0 aliphatic rings. The fourth-order valence-electron chi connectivity index (χ4n) is 3.38. The van der Waals surface area contributed by atoms with Gasteiger partial charge >= 0.3 is 6.18 Å². The third kappa shape index (κ3) is 5.83. The highest BCUT2D eigenvalue weighted by Crippen LogP contribution is 2.35. The Kier molecular flexibility index (Phi) is 7.40. The number of halogens is 3. The summed E-state index contributed by atoms with van der Waals surface area (Å²) >= 11 is 1.08. The van der Waals surface area contributed by atoms with Crippen LogP contribution in [-0.2, 0) is 11.0 Å². The van der Waals surface area contributed by atoms with Gasteiger partial charge in [0.25, 0.3) is 0 Å². The highest BCUT2D eigenvalue weighted by Gasteiger charge is 2.33. The first-order valence-electron chi connectivity index (χ1n) is 10.7. The summed E-state index contributed by atoms with van der Waals surface area (Å²) in [6.07, 6.45) is -4.57. The lowest BCUT2D eigenvalue weighted by molar-refractivity contribution is -0.137. The summed E-state index contributed by atoms with van der Waals surface area (Å²) in [5.41, 5.74) is 0.387. The lowest BCUT2D eigenvalue weighted by Crippen LogP contribution is -2.18. The van der Waals surface area contributed by atoms with Crippen molar-refractivity contribution in [2.24, 2.45) is 0 Å². The van der Waals surface area contributed by atoms with Crippen molar-refractivity contribution in [2.45, 2.75) is 18.3 Å². The summed E-state index contributed by atoms with van der Waals surface area (Å²) in [5, 5.41) is 11.3. The number of nitrogens with zero attached hydrogens (tertiary/aromatic N) is 3. The number of anilines is 1. The van der Waals surface area contributed by atoms with E-state index in [2.05, 4.69) is 15.5 Å². The number of ether oxygens (including phenoxy) is 1. The average Bonchev–Trinajstić information content (AvgIpc) is 3.28. The summed E-state index contributed by atoms with van der Waals surface area (Å²) in [5.74, 6) is 0.535. The van der Waals surface area contributed by atoms with E-state index in [-0.39, 0.29) is 11.4 Å². The lowest BCUT2D eigenvalue weighted by atomic mass is 10.1. The van der Waals surface area contributed by atoms with Crippen molar-refractivity contribution in [1.29, 1.82) is 0 Å². The van der Waals surface area contributed by atoms with Gasteiger partial charge in [-0.1, -0.05) is 54.2 Å². The van der Waals surface area contributed by atoms with Crippen LogP contribution in [0.3, 0.4) is 0 Å². The zero-order chi connectivity index (χ0) is 24.8. The molecule has 0 fully saturated rings. The van der Waals surface area contributed by atoms with E-state index in [4.69, 9.17) is 4.74 Å². The normalized spacial score (nSPS) is 11.3. The van der Waals surface area contributed by atoms with Crippen molar-refractivity contribution in [2.75, 3.05) is 17.7 Å². The first-order valence-corrected chi connectivity index (χ1v) is 11.7. The van der Waals surface area contributed by atoms with E-state index < -0.39 is 17.6 Å². The summed E-state index contributed by atoms with van der Waals surface area (Å²) < 4.78 is 47.0. The Hall–Kier alpha value is -3.79. The topological polar surface area (TPSA) is 69.0 Å². The Morgan fingerprint density at radius 2 is 1.66 bits per heavy atom. The molecule has 4 rings (SSSR count). The molecule has 0 atom stereocenters. The monoisotopic (exact) mass is 498 g/mol. The van der Waals surface area contributed by atoms with E-state index in [1.54, 1.807) is 4.57 Å². The number of amides is 1. The fourth-order valence-corrected chi connectivity index (χ4v) is 4.14. The Morgan fingerprint density at radius 3 is 2.34 bits per heavy atom. The Balaban J connectivity index is 1.58. The van der Waals surface area contributed by atoms with E-state index in [0.29, 0.717) is 23.3 Å². The van der Waals surface area contributed by atoms with Crippen LogP contribution < -0.4 is 10.1 Å². The minimum atomic E-state index is -4.57. The molecular weight excluding hydrogens is 477 g/mol. The third-order valence-corrected chi connectivity index (χ3v) is 5.84. The lowest BCUT2D eigenvalue weighted by Gasteiger charge is -2.14. The summed E-state index contributed by atoms with van der Waals surface area (Å²) in [6, 6.07) is 21.6. The van der Waals surface area contributed by atoms with Crippen LogP contribution in [0.1, 0.15) is 12.5 Å². The number of carbonyl (C=O) groups is 1. The van der Waals surface area contributed by atoms with Crippen molar-refractivity contribution in [3.63, 3.8) is 0 Å². The van der Waals surface area contributed by atoms with Gasteiger partial charge in [0.1, 0.15) is 5.75 Å². The van der Waals surface area contributed by atoms with E-state index >= 15 is 0 Å². The third-order valence-electron chi connectivity index (χ3n) is 4.91. The zero-order valence-corrected chi connectivity index (χ0v) is 19.4. The van der Waals surface area contributed by atoms with Crippen molar-refractivity contribution in [3.05, 3.63) is 84.4 Å². The largest absolute Gasteiger partial charge is 0.494 e. The quantitative estimate of drug-likeness (QED) is 0.298. The molecule has 0 bridgehead atoms. The second-order valence-corrected chi connectivity index (χ2v) is 8.26. The average molecular weight is 499 g/mol. The Bertz CT molecular complexity index is 1290. The molecule has 0 spiro atoms. The maximum absolute atomic E-state index is 13.2. The number of para-hydroxylation sites is 1. The molecular formula is C25H21F3N4O2S. The van der Waals surface area contributed by atoms with Crippen LogP contribution in [0.2, 0.25) is 0 Å². The molecule has 1 amide bonds. The van der Waals surface area contributed by atoms with Crippen LogP contribution in [0, 0.1) is 0 Å². The van der Waals surface area contributed by atoms with Crippen LogP contribution in [0.15, 0.2) is 84.0 Å². The summed E-state index contributed by atoms with van der Waals surface area (Å²) in [4.78, 5) is 12.5. The van der Waals surface area contributed by atoms with E-state index in [9.17, 15) is 18.0 Å². The number of benzene rings is 3. The maximum Gasteiger partial charge on any atom is 0.418 e. The van der Waals surface area contributed by atoms with Gasteiger partial charge in [-0.05, 0) is 43.3 Å². The highest BCUT2D eigenvalue weighted by atomic mass is 32.2. The molecule has 6 nitrogen and oxygen atoms in total. The van der Waals surface area contributed by atoms with Crippen molar-refractivity contribution >= 4 is 23.4 Å². The number of thioether (sulfide) groups is 1. The minimum absolute atomic E-state index is 0.157. The zero-order valence-electron chi connectivity index (χ0n) is 18.6. The van der Waals surface area contributed by atoms with Gasteiger partial charge in [-0.25, -0.2) is 0 Å². The predicted octanol–water partition coefficient (Wildman–Crippen LogP) is 6.08. The first-order chi connectivity index (χ1) is 16.9. The molecule has 180 valence electrons. The number of hydrogen-bond donors (Lipinski definition) is 1. The van der Waals surface area contributed by atoms with Gasteiger partial charge < -0.3 is 10.1 Å². The van der Waals surface area contributed by atoms with Gasteiger partial charge in [0.2, 0.25) is 5.91 Å². The summed E-state index contributed by atoms with van der Waals surface area (Å²) in [7, 11) is 0. The van der Waals surface area contributed by atoms with Gasteiger partial charge in [0, 0.05) is 11.3 Å². The number of carbonyl (C=O) groups excluding carboxylic acids is 1. The van der Waals surface area contributed by atoms with Gasteiger partial charge in [-0.3, -0.25) is 9.36 Å². The number of alkyl halides is 3. The molecule has 0 aliphatic carbocycles. The van der Waals surface area contributed by atoms with Gasteiger partial charge in [0.05, 0.1) is 23.6 Å². The van der Waals surface area contributed by atoms with Crippen molar-refractivity contribution in [3.8, 4) is 22.8 Å². The van der Waals surface area contributed by atoms with E-state index in [1.165, 1.54) is 18.2 Å². The molecule has 3 aromatic carbocycles. The molecule has 35 heavy (non-hydrogen) atoms. The second kappa shape index (κ2) is 10.6. The highest BCUT2D eigenvalue weighted by molar-refractivity contribution is 7.99. The maximum atomic E-state index is 13.2. The van der Waals surface area contributed by atoms with Gasteiger partial charge in [0.15, 0.2) is 11.0 Å². The number of rotatable bonds is 8. The molecule has 1 aromatic heterocycles. The molecule has 1 N–H and O–H groups in total. The van der Waals surface area contributed by atoms with Crippen LogP contribution in [-0.4, -0.2) is 33.0 Å². The second-order valence-electron chi connectivity index (χ2n) is 7.31. The van der Waals surface area contributed by atoms with E-state index in [0.717, 1.165) is 29.1 Å². The van der Waals surface area contributed by atoms with Crippen LogP contribution in [0.5, 0.6) is 5.75 Å². The first kappa shape index (κ1) is 24.3. The molecule has 4 aromatic rings. The predicted molar refractivity (Wildman–Crippen MR) is 129 cm³/mol. The molecule has 0 aliphatic heterocycles. The van der Waals surface area contributed by atoms with Crippen molar-refractivity contribution in [1.82, 2.24) is 14.8 Å². The summed E-state index contributed by atoms with van der Waals surface area (Å²) in [6.45, 7) is 2.43. The number of hydrogen-bond acceptors (Lipinski definition) is 5. The Morgan fingerprint density at radius 1 is 0.971 bits per heavy atom. The standard InChI is InChI=1S/C25H21F3N4O2S/c1-2-34-19-14-12-18(13-15-19)32-23(17-8-4-3-5-9-17)30-31-24(32)35-16-22(33)29-21-11-7-6-10-20(21)25(26,27)28/h3-15H,2,16H2,1H3,(H,29,33). The van der Waals surface area contributed by atoms with Crippen LogP contribution in [0.4, 0.5) is 18.9 Å². The van der Waals surface area contributed by atoms with Crippen LogP contribution in [0.25, 0.3) is 17.1 Å². The minimum Gasteiger partial charge on any atom is -0.494 e. The smallest absolute Gasteiger partial charge is 0.418 e. The molecule has 1 heterocycles. The molecule has 0 saturated carbocycles. The fraction of sp³-hybridized carbons (Fsp3) is 0.160. The molecule has 0 unspecified atom stereocenters. The van der Waals surface area contributed by atoms with Crippen molar-refractivity contribution < 1.29 is 22.7 Å². The Labute approximate surface area is 204 Å².